The van der Waals surface area contributed by atoms with Crippen molar-refractivity contribution in [3.05, 3.63) is 65.9 Å². The van der Waals surface area contributed by atoms with Crippen molar-refractivity contribution in [2.24, 2.45) is 5.73 Å². The predicted molar refractivity (Wildman–Crippen MR) is 92.2 cm³/mol. The highest BCUT2D eigenvalue weighted by atomic mass is 15.2. The molecule has 3 aromatic rings. The Kier molecular flexibility index (Phi) is 3.35. The Hall–Kier alpha value is -2.26. The van der Waals surface area contributed by atoms with E-state index in [0.717, 1.165) is 13.0 Å². The summed E-state index contributed by atoms with van der Waals surface area (Å²) in [6.45, 7) is 1.69. The molecular formula is C19H21N3. The Balaban J connectivity index is 1.80. The fraction of sp³-hybridized carbons (Fsp3) is 0.263. The Labute approximate surface area is 130 Å². The standard InChI is InChI=1S/C19H21N3/c20-12-19(16-13-21-17-9-3-2-8-15(16)17)22-11-5-7-14-6-1-4-10-18(14)22/h1-4,6,8-10,13,19,21H,5,7,11-12,20H2. The van der Waals surface area contributed by atoms with E-state index in [1.165, 1.54) is 34.1 Å². The summed E-state index contributed by atoms with van der Waals surface area (Å²) in [7, 11) is 0. The van der Waals surface area contributed by atoms with Crippen LogP contribution in [0, 0.1) is 0 Å². The first kappa shape index (κ1) is 13.4. The lowest BCUT2D eigenvalue weighted by Crippen LogP contribution is -2.37. The number of para-hydroxylation sites is 2. The number of benzene rings is 2. The Morgan fingerprint density at radius 2 is 1.91 bits per heavy atom. The van der Waals surface area contributed by atoms with Crippen LogP contribution < -0.4 is 10.6 Å². The molecule has 0 saturated heterocycles. The predicted octanol–water partition coefficient (Wildman–Crippen LogP) is 3.62. The quantitative estimate of drug-likeness (QED) is 0.774. The Morgan fingerprint density at radius 1 is 1.09 bits per heavy atom. The van der Waals surface area contributed by atoms with Crippen LogP contribution in [-0.2, 0) is 6.42 Å². The van der Waals surface area contributed by atoms with Gasteiger partial charge in [0.25, 0.3) is 0 Å². The highest BCUT2D eigenvalue weighted by molar-refractivity contribution is 5.84. The van der Waals surface area contributed by atoms with Gasteiger partial charge in [-0.05, 0) is 30.5 Å². The summed E-state index contributed by atoms with van der Waals surface area (Å²) in [4.78, 5) is 5.86. The van der Waals surface area contributed by atoms with Gasteiger partial charge in [-0.25, -0.2) is 0 Å². The number of nitrogens with one attached hydrogen (secondary N) is 1. The van der Waals surface area contributed by atoms with Gasteiger partial charge in [0.05, 0.1) is 6.04 Å². The normalized spacial score (nSPS) is 15.8. The molecule has 0 radical (unpaired) electrons. The molecule has 1 aliphatic heterocycles. The summed E-state index contributed by atoms with van der Waals surface area (Å²) in [5, 5.41) is 1.28. The fourth-order valence-electron chi connectivity index (χ4n) is 3.68. The van der Waals surface area contributed by atoms with Crippen LogP contribution in [-0.4, -0.2) is 18.1 Å². The molecule has 3 N–H and O–H groups in total. The minimum absolute atomic E-state index is 0.220. The second-order valence-corrected chi connectivity index (χ2v) is 5.97. The van der Waals surface area contributed by atoms with Crippen molar-refractivity contribution in [2.75, 3.05) is 18.0 Å². The molecule has 1 atom stereocenters. The first-order chi connectivity index (χ1) is 10.9. The summed E-state index contributed by atoms with van der Waals surface area (Å²) in [6.07, 6.45) is 4.48. The molecule has 0 amide bonds. The number of fused-ring (bicyclic) bond motifs is 2. The Bertz CT molecular complexity index is 790. The molecule has 3 nitrogen and oxygen atoms in total. The summed E-state index contributed by atoms with van der Waals surface area (Å²) in [6, 6.07) is 17.4. The second-order valence-electron chi connectivity index (χ2n) is 5.97. The van der Waals surface area contributed by atoms with Crippen LogP contribution in [0.5, 0.6) is 0 Å². The van der Waals surface area contributed by atoms with Crippen molar-refractivity contribution in [2.45, 2.75) is 18.9 Å². The number of aromatic amines is 1. The van der Waals surface area contributed by atoms with Gasteiger partial charge in [0.1, 0.15) is 0 Å². The van der Waals surface area contributed by atoms with Gasteiger partial charge in [0.15, 0.2) is 0 Å². The van der Waals surface area contributed by atoms with E-state index in [1.54, 1.807) is 0 Å². The average Bonchev–Trinajstić information content (AvgIpc) is 3.00. The van der Waals surface area contributed by atoms with Crippen LogP contribution in [0.2, 0.25) is 0 Å². The number of nitrogens with zero attached hydrogens (tertiary/aromatic N) is 1. The number of aryl methyl sites for hydroxylation is 1. The van der Waals surface area contributed by atoms with E-state index in [-0.39, 0.29) is 6.04 Å². The van der Waals surface area contributed by atoms with E-state index >= 15 is 0 Å². The molecule has 22 heavy (non-hydrogen) atoms. The zero-order valence-electron chi connectivity index (χ0n) is 12.6. The SMILES string of the molecule is NCC(c1c[nH]c2ccccc12)N1CCCc2ccccc21. The van der Waals surface area contributed by atoms with Gasteiger partial charge in [-0.1, -0.05) is 36.4 Å². The third kappa shape index (κ3) is 2.09. The fourth-order valence-corrected chi connectivity index (χ4v) is 3.68. The van der Waals surface area contributed by atoms with E-state index in [1.807, 2.05) is 0 Å². The average molecular weight is 291 g/mol. The highest BCUT2D eigenvalue weighted by Crippen LogP contribution is 2.35. The minimum atomic E-state index is 0.220. The van der Waals surface area contributed by atoms with E-state index in [0.29, 0.717) is 6.54 Å². The van der Waals surface area contributed by atoms with Crippen molar-refractivity contribution in [3.63, 3.8) is 0 Å². The van der Waals surface area contributed by atoms with Crippen LogP contribution >= 0.6 is 0 Å². The summed E-state index contributed by atoms with van der Waals surface area (Å²) >= 11 is 0. The van der Waals surface area contributed by atoms with Crippen LogP contribution in [0.1, 0.15) is 23.6 Å². The van der Waals surface area contributed by atoms with Gasteiger partial charge >= 0.3 is 0 Å². The van der Waals surface area contributed by atoms with Gasteiger partial charge in [0, 0.05) is 41.4 Å². The van der Waals surface area contributed by atoms with Gasteiger partial charge in [0.2, 0.25) is 0 Å². The molecule has 2 heterocycles. The number of anilines is 1. The lowest BCUT2D eigenvalue weighted by molar-refractivity contribution is 0.590. The molecule has 4 rings (SSSR count). The largest absolute Gasteiger partial charge is 0.363 e. The van der Waals surface area contributed by atoms with Crippen molar-refractivity contribution in [1.29, 1.82) is 0 Å². The topological polar surface area (TPSA) is 45.1 Å². The highest BCUT2D eigenvalue weighted by Gasteiger charge is 2.26. The van der Waals surface area contributed by atoms with Gasteiger partial charge < -0.3 is 15.6 Å². The van der Waals surface area contributed by atoms with E-state index in [9.17, 15) is 0 Å². The molecular weight excluding hydrogens is 270 g/mol. The summed E-state index contributed by atoms with van der Waals surface area (Å²) < 4.78 is 0. The smallest absolute Gasteiger partial charge is 0.0685 e. The summed E-state index contributed by atoms with van der Waals surface area (Å²) in [5.74, 6) is 0. The number of H-pyrrole nitrogens is 1. The molecule has 112 valence electrons. The molecule has 2 aromatic carbocycles. The van der Waals surface area contributed by atoms with Crippen molar-refractivity contribution < 1.29 is 0 Å². The number of aromatic nitrogens is 1. The van der Waals surface area contributed by atoms with Crippen molar-refractivity contribution >= 4 is 16.6 Å². The number of rotatable bonds is 3. The zero-order valence-corrected chi connectivity index (χ0v) is 12.6. The number of nitrogens with two attached hydrogens (primary N) is 1. The molecule has 1 aromatic heterocycles. The van der Waals surface area contributed by atoms with Crippen molar-refractivity contribution in [3.8, 4) is 0 Å². The lowest BCUT2D eigenvalue weighted by atomic mass is 9.97. The van der Waals surface area contributed by atoms with E-state index in [4.69, 9.17) is 5.73 Å². The monoisotopic (exact) mass is 291 g/mol. The maximum absolute atomic E-state index is 6.19. The molecule has 3 heteroatoms. The maximum Gasteiger partial charge on any atom is 0.0685 e. The molecule has 1 aliphatic rings. The minimum Gasteiger partial charge on any atom is -0.363 e. The number of hydrogen-bond donors (Lipinski definition) is 2. The Morgan fingerprint density at radius 3 is 2.82 bits per heavy atom. The van der Waals surface area contributed by atoms with Crippen LogP contribution in [0.3, 0.4) is 0 Å². The summed E-state index contributed by atoms with van der Waals surface area (Å²) in [5.41, 5.74) is 11.4. The third-order valence-electron chi connectivity index (χ3n) is 4.73. The van der Waals surface area contributed by atoms with Crippen LogP contribution in [0.4, 0.5) is 5.69 Å². The molecule has 0 bridgehead atoms. The first-order valence-electron chi connectivity index (χ1n) is 7.99. The van der Waals surface area contributed by atoms with Crippen molar-refractivity contribution in [1.82, 2.24) is 4.98 Å². The molecule has 1 unspecified atom stereocenters. The second kappa shape index (κ2) is 5.50. The maximum atomic E-state index is 6.19. The van der Waals surface area contributed by atoms with Crippen LogP contribution in [0.15, 0.2) is 54.7 Å². The molecule has 0 aliphatic carbocycles. The molecule has 0 fully saturated rings. The van der Waals surface area contributed by atoms with Crippen LogP contribution in [0.25, 0.3) is 10.9 Å². The number of hydrogen-bond acceptors (Lipinski definition) is 2. The van der Waals surface area contributed by atoms with E-state index < -0.39 is 0 Å². The first-order valence-corrected chi connectivity index (χ1v) is 7.99. The van der Waals surface area contributed by atoms with Gasteiger partial charge in [-0.15, -0.1) is 0 Å². The van der Waals surface area contributed by atoms with Gasteiger partial charge in [-0.3, -0.25) is 0 Å². The molecule has 0 saturated carbocycles. The third-order valence-corrected chi connectivity index (χ3v) is 4.73. The molecule has 0 spiro atoms. The lowest BCUT2D eigenvalue weighted by Gasteiger charge is -2.37. The van der Waals surface area contributed by atoms with Gasteiger partial charge in [-0.2, -0.15) is 0 Å². The zero-order chi connectivity index (χ0) is 14.9. The van der Waals surface area contributed by atoms with E-state index in [2.05, 4.69) is 64.6 Å².